The first-order valence-electron chi connectivity index (χ1n) is 5.90. The molecule has 20 heavy (non-hydrogen) atoms. The van der Waals surface area contributed by atoms with Crippen molar-refractivity contribution >= 4 is 39.7 Å². The second-order valence-corrected chi connectivity index (χ2v) is 6.11. The maximum absolute atomic E-state index is 11.7. The Morgan fingerprint density at radius 1 is 1.30 bits per heavy atom. The average Bonchev–Trinajstić information content (AvgIpc) is 2.28. The van der Waals surface area contributed by atoms with Crippen LogP contribution in [0.1, 0.15) is 18.4 Å². The number of halogens is 1. The van der Waals surface area contributed by atoms with E-state index in [9.17, 15) is 13.2 Å². The van der Waals surface area contributed by atoms with Crippen molar-refractivity contribution in [3.05, 3.63) is 23.8 Å². The topological polar surface area (TPSA) is 101 Å². The number of rotatable bonds is 6. The predicted molar refractivity (Wildman–Crippen MR) is 83.8 cm³/mol. The monoisotopic (exact) mass is 321 g/mol. The molecule has 1 aromatic rings. The molecule has 0 aliphatic rings. The van der Waals surface area contributed by atoms with Crippen LogP contribution in [-0.2, 0) is 14.8 Å². The molecule has 8 heteroatoms. The van der Waals surface area contributed by atoms with Gasteiger partial charge in [-0.15, -0.1) is 12.4 Å². The molecule has 0 spiro atoms. The Balaban J connectivity index is 0.00000361. The molecule has 0 bridgehead atoms. The number of amides is 1. The molecule has 1 amide bonds. The van der Waals surface area contributed by atoms with Crippen molar-refractivity contribution in [3.63, 3.8) is 0 Å². The van der Waals surface area contributed by atoms with Gasteiger partial charge in [-0.25, -0.2) is 8.42 Å². The summed E-state index contributed by atoms with van der Waals surface area (Å²) in [5.74, 6) is -0.187. The van der Waals surface area contributed by atoms with Gasteiger partial charge in [0, 0.05) is 6.42 Å². The molecular weight excluding hydrogens is 302 g/mol. The molecule has 1 aromatic carbocycles. The number of hydrogen-bond acceptors (Lipinski definition) is 4. The molecule has 0 radical (unpaired) electrons. The minimum Gasteiger partial charge on any atom is -0.330 e. The van der Waals surface area contributed by atoms with E-state index in [0.717, 1.165) is 11.8 Å². The zero-order chi connectivity index (χ0) is 14.5. The number of sulfonamides is 1. The summed E-state index contributed by atoms with van der Waals surface area (Å²) in [6.45, 7) is 2.30. The van der Waals surface area contributed by atoms with E-state index < -0.39 is 10.0 Å². The fraction of sp³-hybridized carbons (Fsp3) is 0.417. The van der Waals surface area contributed by atoms with Gasteiger partial charge in [-0.3, -0.25) is 9.52 Å². The number of benzene rings is 1. The van der Waals surface area contributed by atoms with E-state index >= 15 is 0 Å². The normalized spacial score (nSPS) is 10.6. The number of carbonyl (C=O) groups is 1. The van der Waals surface area contributed by atoms with Crippen LogP contribution in [0.25, 0.3) is 0 Å². The van der Waals surface area contributed by atoms with E-state index in [4.69, 9.17) is 5.73 Å². The quantitative estimate of drug-likeness (QED) is 0.738. The lowest BCUT2D eigenvalue weighted by Gasteiger charge is -2.12. The number of aryl methyl sites for hydroxylation is 1. The Morgan fingerprint density at radius 2 is 1.95 bits per heavy atom. The minimum atomic E-state index is -3.39. The largest absolute Gasteiger partial charge is 0.330 e. The van der Waals surface area contributed by atoms with Crippen molar-refractivity contribution in [1.29, 1.82) is 0 Å². The third-order valence-electron chi connectivity index (χ3n) is 2.35. The molecule has 0 heterocycles. The molecule has 4 N–H and O–H groups in total. The lowest BCUT2D eigenvalue weighted by molar-refractivity contribution is -0.116. The summed E-state index contributed by atoms with van der Waals surface area (Å²) in [5, 5.41) is 2.69. The number of nitrogens with one attached hydrogen (secondary N) is 2. The van der Waals surface area contributed by atoms with Gasteiger partial charge in [0.25, 0.3) is 0 Å². The highest BCUT2D eigenvalue weighted by Crippen LogP contribution is 2.24. The first kappa shape index (κ1) is 18.7. The van der Waals surface area contributed by atoms with Crippen LogP contribution in [0.5, 0.6) is 0 Å². The van der Waals surface area contributed by atoms with Crippen molar-refractivity contribution in [1.82, 2.24) is 0 Å². The predicted octanol–water partition coefficient (Wildman–Crippen LogP) is 1.47. The molecule has 6 nitrogen and oxygen atoms in total. The molecule has 1 rings (SSSR count). The zero-order valence-corrected chi connectivity index (χ0v) is 13.1. The lowest BCUT2D eigenvalue weighted by atomic mass is 10.2. The lowest BCUT2D eigenvalue weighted by Crippen LogP contribution is -2.16. The highest BCUT2D eigenvalue weighted by atomic mass is 35.5. The molecular formula is C12H20ClN3O3S. The van der Waals surface area contributed by atoms with Gasteiger partial charge in [0.1, 0.15) is 0 Å². The maximum Gasteiger partial charge on any atom is 0.229 e. The summed E-state index contributed by atoms with van der Waals surface area (Å²) in [7, 11) is -3.39. The van der Waals surface area contributed by atoms with Crippen molar-refractivity contribution in [2.45, 2.75) is 19.8 Å². The van der Waals surface area contributed by atoms with Crippen molar-refractivity contribution in [2.75, 3.05) is 22.8 Å². The van der Waals surface area contributed by atoms with E-state index in [1.54, 1.807) is 18.2 Å². The number of anilines is 2. The summed E-state index contributed by atoms with van der Waals surface area (Å²) >= 11 is 0. The average molecular weight is 322 g/mol. The van der Waals surface area contributed by atoms with E-state index in [1.807, 2.05) is 6.92 Å². The van der Waals surface area contributed by atoms with Crippen LogP contribution < -0.4 is 15.8 Å². The summed E-state index contributed by atoms with van der Waals surface area (Å²) in [4.78, 5) is 11.7. The van der Waals surface area contributed by atoms with Gasteiger partial charge in [-0.2, -0.15) is 0 Å². The Bertz CT molecular complexity index is 561. The maximum atomic E-state index is 11.7. The summed E-state index contributed by atoms with van der Waals surface area (Å²) in [6, 6.07) is 5.10. The van der Waals surface area contributed by atoms with Crippen LogP contribution in [0.3, 0.4) is 0 Å². The van der Waals surface area contributed by atoms with Gasteiger partial charge in [0.2, 0.25) is 15.9 Å². The van der Waals surface area contributed by atoms with Gasteiger partial charge < -0.3 is 11.1 Å². The Morgan fingerprint density at radius 3 is 2.50 bits per heavy atom. The van der Waals surface area contributed by atoms with Gasteiger partial charge >= 0.3 is 0 Å². The first-order valence-corrected chi connectivity index (χ1v) is 7.79. The zero-order valence-electron chi connectivity index (χ0n) is 11.5. The Hall–Kier alpha value is -1.31. The molecule has 114 valence electrons. The van der Waals surface area contributed by atoms with Crippen LogP contribution in [0.4, 0.5) is 11.4 Å². The van der Waals surface area contributed by atoms with Crippen molar-refractivity contribution in [2.24, 2.45) is 5.73 Å². The fourth-order valence-corrected chi connectivity index (χ4v) is 2.10. The Kier molecular flexibility index (Phi) is 7.55. The second-order valence-electron chi connectivity index (χ2n) is 4.36. The molecule has 0 atom stereocenters. The molecule has 0 saturated heterocycles. The van der Waals surface area contributed by atoms with E-state index in [-0.39, 0.29) is 18.3 Å². The summed E-state index contributed by atoms with van der Waals surface area (Å²) in [5.41, 5.74) is 7.07. The van der Waals surface area contributed by atoms with Crippen molar-refractivity contribution in [3.8, 4) is 0 Å². The van der Waals surface area contributed by atoms with Gasteiger partial charge in [-0.05, 0) is 37.6 Å². The molecule has 0 fully saturated rings. The fourth-order valence-electron chi connectivity index (χ4n) is 1.53. The van der Waals surface area contributed by atoms with Crippen LogP contribution in [0, 0.1) is 6.92 Å². The summed E-state index contributed by atoms with van der Waals surface area (Å²) < 4.78 is 24.9. The van der Waals surface area contributed by atoms with Gasteiger partial charge in [-0.1, -0.05) is 6.07 Å². The first-order chi connectivity index (χ1) is 8.81. The highest BCUT2D eigenvalue weighted by Gasteiger charge is 2.10. The highest BCUT2D eigenvalue weighted by molar-refractivity contribution is 7.92. The molecule has 0 aliphatic carbocycles. The SMILES string of the molecule is Cc1ccc(NS(C)(=O)=O)c(NC(=O)CCCN)c1.Cl. The molecule has 0 aromatic heterocycles. The summed E-state index contributed by atoms with van der Waals surface area (Å²) in [6.07, 6.45) is 1.96. The van der Waals surface area contributed by atoms with E-state index in [1.165, 1.54) is 0 Å². The number of nitrogens with two attached hydrogens (primary N) is 1. The third-order valence-corrected chi connectivity index (χ3v) is 2.94. The smallest absolute Gasteiger partial charge is 0.229 e. The van der Waals surface area contributed by atoms with E-state index in [2.05, 4.69) is 10.0 Å². The van der Waals surface area contributed by atoms with Gasteiger partial charge in [0.05, 0.1) is 17.6 Å². The van der Waals surface area contributed by atoms with Crippen LogP contribution >= 0.6 is 12.4 Å². The third kappa shape index (κ3) is 6.74. The Labute approximate surface area is 125 Å². The minimum absolute atomic E-state index is 0. The van der Waals surface area contributed by atoms with Crippen LogP contribution in [0.2, 0.25) is 0 Å². The van der Waals surface area contributed by atoms with Gasteiger partial charge in [0.15, 0.2) is 0 Å². The van der Waals surface area contributed by atoms with Crippen LogP contribution in [-0.4, -0.2) is 27.1 Å². The molecule has 0 unspecified atom stereocenters. The van der Waals surface area contributed by atoms with Crippen LogP contribution in [0.15, 0.2) is 18.2 Å². The standard InChI is InChI=1S/C12H19N3O3S.ClH/c1-9-5-6-10(15-19(2,17)18)11(8-9)14-12(16)4-3-7-13;/h5-6,8,15H,3-4,7,13H2,1-2H3,(H,14,16);1H. The molecule has 0 aliphatic heterocycles. The number of hydrogen-bond donors (Lipinski definition) is 3. The van der Waals surface area contributed by atoms with Crippen molar-refractivity contribution < 1.29 is 13.2 Å². The van der Waals surface area contributed by atoms with E-state index in [0.29, 0.717) is 30.8 Å². The second kappa shape index (κ2) is 8.08. The molecule has 0 saturated carbocycles. The number of carbonyl (C=O) groups excluding carboxylic acids is 1.